The molecule has 0 atom stereocenters. The van der Waals surface area contributed by atoms with Crippen molar-refractivity contribution in [2.75, 3.05) is 13.7 Å². The van der Waals surface area contributed by atoms with Crippen molar-refractivity contribution in [2.45, 2.75) is 26.2 Å². The van der Waals surface area contributed by atoms with Gasteiger partial charge in [0, 0.05) is 23.1 Å². The van der Waals surface area contributed by atoms with E-state index in [2.05, 4.69) is 10.5 Å². The largest absolute Gasteiger partial charge is 0.497 e. The summed E-state index contributed by atoms with van der Waals surface area (Å²) in [7, 11) is 1.64. The lowest BCUT2D eigenvalue weighted by Gasteiger charge is -2.18. The molecule has 2 aromatic carbocycles. The second-order valence-electron chi connectivity index (χ2n) is 7.17. The Morgan fingerprint density at radius 3 is 2.80 bits per heavy atom. The topological polar surface area (TPSA) is 90.1 Å². The first-order chi connectivity index (χ1) is 14.5. The van der Waals surface area contributed by atoms with Gasteiger partial charge >= 0.3 is 5.63 Å². The molecule has 4 rings (SSSR count). The molecular formula is C23H22N2O5. The average Bonchev–Trinajstić information content (AvgIpc) is 2.75. The van der Waals surface area contributed by atoms with Gasteiger partial charge in [-0.15, -0.1) is 0 Å². The highest BCUT2D eigenvalue weighted by atomic mass is 16.5. The molecule has 0 fully saturated rings. The highest BCUT2D eigenvalue weighted by Gasteiger charge is 2.17. The van der Waals surface area contributed by atoms with E-state index in [1.165, 1.54) is 6.07 Å². The van der Waals surface area contributed by atoms with Crippen LogP contribution in [-0.4, -0.2) is 25.3 Å². The molecule has 7 heteroatoms. The standard InChI is InChI=1S/C23H22N2O5/c1-14-10-23(27)30-21-12-17(7-8-18(14)21)29-13-22(26)25-24-20-5-3-4-15-11-16(28-2)6-9-19(15)20/h6-12H,3-5,13H2,1-2H3,(H,25,26). The lowest BCUT2D eigenvalue weighted by molar-refractivity contribution is -0.123. The second kappa shape index (κ2) is 8.41. The maximum Gasteiger partial charge on any atom is 0.336 e. The van der Waals surface area contributed by atoms with E-state index in [0.29, 0.717) is 11.3 Å². The number of carbonyl (C=O) groups is 1. The molecular weight excluding hydrogens is 384 g/mol. The molecule has 1 amide bonds. The van der Waals surface area contributed by atoms with Gasteiger partial charge in [0.1, 0.15) is 17.1 Å². The van der Waals surface area contributed by atoms with E-state index in [4.69, 9.17) is 13.9 Å². The van der Waals surface area contributed by atoms with E-state index in [0.717, 1.165) is 52.8 Å². The molecule has 0 saturated heterocycles. The lowest BCUT2D eigenvalue weighted by atomic mass is 9.90. The van der Waals surface area contributed by atoms with Crippen molar-refractivity contribution in [3.63, 3.8) is 0 Å². The van der Waals surface area contributed by atoms with Gasteiger partial charge in [0.05, 0.1) is 12.8 Å². The molecule has 1 N–H and O–H groups in total. The monoisotopic (exact) mass is 406 g/mol. The fourth-order valence-electron chi connectivity index (χ4n) is 3.59. The summed E-state index contributed by atoms with van der Waals surface area (Å²) in [6.07, 6.45) is 2.72. The first-order valence-corrected chi connectivity index (χ1v) is 9.73. The summed E-state index contributed by atoms with van der Waals surface area (Å²) in [6, 6.07) is 12.5. The Morgan fingerprint density at radius 2 is 1.97 bits per heavy atom. The zero-order chi connectivity index (χ0) is 21.1. The number of hydrazone groups is 1. The third-order valence-corrected chi connectivity index (χ3v) is 5.09. The van der Waals surface area contributed by atoms with Crippen molar-refractivity contribution in [3.8, 4) is 11.5 Å². The predicted octanol–water partition coefficient (Wildman–Crippen LogP) is 3.35. The van der Waals surface area contributed by atoms with Crippen molar-refractivity contribution < 1.29 is 18.7 Å². The minimum Gasteiger partial charge on any atom is -0.497 e. The summed E-state index contributed by atoms with van der Waals surface area (Å²) in [5.41, 5.74) is 6.43. The number of nitrogens with one attached hydrogen (secondary N) is 1. The smallest absolute Gasteiger partial charge is 0.336 e. The van der Waals surface area contributed by atoms with Crippen LogP contribution in [-0.2, 0) is 11.2 Å². The highest BCUT2D eigenvalue weighted by molar-refractivity contribution is 6.03. The molecule has 1 heterocycles. The van der Waals surface area contributed by atoms with E-state index in [-0.39, 0.29) is 12.5 Å². The Kier molecular flexibility index (Phi) is 5.52. The molecule has 0 bridgehead atoms. The molecule has 1 aromatic heterocycles. The molecule has 0 spiro atoms. The normalized spacial score (nSPS) is 14.4. The number of hydrogen-bond donors (Lipinski definition) is 1. The van der Waals surface area contributed by atoms with Gasteiger partial charge in [0.2, 0.25) is 0 Å². The van der Waals surface area contributed by atoms with Crippen LogP contribution in [0.1, 0.15) is 29.5 Å². The number of amides is 1. The zero-order valence-electron chi connectivity index (χ0n) is 16.9. The Bertz CT molecular complexity index is 1200. The molecule has 7 nitrogen and oxygen atoms in total. The molecule has 154 valence electrons. The van der Waals surface area contributed by atoms with Gasteiger partial charge in [-0.3, -0.25) is 4.79 Å². The quantitative estimate of drug-likeness (QED) is 0.518. The number of rotatable bonds is 5. The second-order valence-corrected chi connectivity index (χ2v) is 7.17. The van der Waals surface area contributed by atoms with Crippen LogP contribution in [0.4, 0.5) is 0 Å². The molecule has 0 radical (unpaired) electrons. The van der Waals surface area contributed by atoms with Crippen molar-refractivity contribution >= 4 is 22.6 Å². The van der Waals surface area contributed by atoms with Crippen LogP contribution in [0.5, 0.6) is 11.5 Å². The van der Waals surface area contributed by atoms with E-state index in [1.54, 1.807) is 25.3 Å². The lowest BCUT2D eigenvalue weighted by Crippen LogP contribution is -2.27. The molecule has 1 aliphatic carbocycles. The Morgan fingerprint density at radius 1 is 1.13 bits per heavy atom. The zero-order valence-corrected chi connectivity index (χ0v) is 16.9. The number of carbonyl (C=O) groups excluding carboxylic acids is 1. The van der Waals surface area contributed by atoms with Crippen LogP contribution >= 0.6 is 0 Å². The first kappa shape index (κ1) is 19.7. The SMILES string of the molecule is COc1ccc2c(c1)CCCC2=NNC(=O)COc1ccc2c(C)cc(=O)oc2c1. The van der Waals surface area contributed by atoms with E-state index in [9.17, 15) is 9.59 Å². The fourth-order valence-corrected chi connectivity index (χ4v) is 3.59. The molecule has 0 aliphatic heterocycles. The maximum absolute atomic E-state index is 12.2. The maximum atomic E-state index is 12.2. The van der Waals surface area contributed by atoms with Crippen molar-refractivity contribution in [2.24, 2.45) is 5.10 Å². The van der Waals surface area contributed by atoms with E-state index < -0.39 is 5.63 Å². The number of aryl methyl sites for hydroxylation is 2. The van der Waals surface area contributed by atoms with E-state index >= 15 is 0 Å². The average molecular weight is 406 g/mol. The van der Waals surface area contributed by atoms with Crippen LogP contribution in [0, 0.1) is 6.92 Å². The van der Waals surface area contributed by atoms with Gasteiger partial charge in [-0.25, -0.2) is 10.2 Å². The number of ether oxygens (including phenoxy) is 2. The molecule has 1 aliphatic rings. The Hall–Kier alpha value is -3.61. The van der Waals surface area contributed by atoms with Gasteiger partial charge in [-0.2, -0.15) is 5.10 Å². The summed E-state index contributed by atoms with van der Waals surface area (Å²) in [4.78, 5) is 23.8. The summed E-state index contributed by atoms with van der Waals surface area (Å²) in [6.45, 7) is 1.64. The molecule has 30 heavy (non-hydrogen) atoms. The van der Waals surface area contributed by atoms with Crippen molar-refractivity contribution in [1.29, 1.82) is 0 Å². The van der Waals surface area contributed by atoms with Crippen LogP contribution < -0.4 is 20.5 Å². The summed E-state index contributed by atoms with van der Waals surface area (Å²) < 4.78 is 16.0. The summed E-state index contributed by atoms with van der Waals surface area (Å²) in [5, 5.41) is 5.13. The summed E-state index contributed by atoms with van der Waals surface area (Å²) in [5.74, 6) is 0.886. The summed E-state index contributed by atoms with van der Waals surface area (Å²) >= 11 is 0. The molecule has 0 unspecified atom stereocenters. The van der Waals surface area contributed by atoms with Crippen LogP contribution in [0.25, 0.3) is 11.0 Å². The van der Waals surface area contributed by atoms with Gasteiger partial charge in [0.15, 0.2) is 6.61 Å². The van der Waals surface area contributed by atoms with Crippen LogP contribution in [0.15, 0.2) is 56.8 Å². The predicted molar refractivity (Wildman–Crippen MR) is 113 cm³/mol. The van der Waals surface area contributed by atoms with Crippen LogP contribution in [0.2, 0.25) is 0 Å². The van der Waals surface area contributed by atoms with Crippen LogP contribution in [0.3, 0.4) is 0 Å². The van der Waals surface area contributed by atoms with Gasteiger partial charge < -0.3 is 13.9 Å². The third-order valence-electron chi connectivity index (χ3n) is 5.09. The fraction of sp³-hybridized carbons (Fsp3) is 0.261. The first-order valence-electron chi connectivity index (χ1n) is 9.73. The number of hydrogen-bond acceptors (Lipinski definition) is 6. The number of nitrogens with zero attached hydrogens (tertiary/aromatic N) is 1. The van der Waals surface area contributed by atoms with Gasteiger partial charge in [0.25, 0.3) is 5.91 Å². The minimum absolute atomic E-state index is 0.201. The highest BCUT2D eigenvalue weighted by Crippen LogP contribution is 2.26. The van der Waals surface area contributed by atoms with Gasteiger partial charge in [-0.05, 0) is 67.6 Å². The minimum atomic E-state index is -0.420. The Balaban J connectivity index is 1.41. The van der Waals surface area contributed by atoms with Crippen molar-refractivity contribution in [3.05, 3.63) is 69.6 Å². The molecule has 0 saturated carbocycles. The molecule has 3 aromatic rings. The van der Waals surface area contributed by atoms with E-state index in [1.807, 2.05) is 25.1 Å². The third kappa shape index (κ3) is 4.20. The van der Waals surface area contributed by atoms with Gasteiger partial charge in [-0.1, -0.05) is 0 Å². The number of fused-ring (bicyclic) bond motifs is 2. The number of methoxy groups -OCH3 is 1. The number of benzene rings is 2. The van der Waals surface area contributed by atoms with Crippen molar-refractivity contribution in [1.82, 2.24) is 5.43 Å². The Labute approximate surface area is 173 Å².